The van der Waals surface area contributed by atoms with Gasteiger partial charge in [0.2, 0.25) is 5.28 Å². The first-order valence-electron chi connectivity index (χ1n) is 8.48. The monoisotopic (exact) mass is 485 g/mol. The molecule has 4 rings (SSSR count). The maximum absolute atomic E-state index is 11.7. The van der Waals surface area contributed by atoms with Gasteiger partial charge in [0, 0.05) is 11.3 Å². The summed E-state index contributed by atoms with van der Waals surface area (Å²) >= 11 is 5.85. The number of imidazole rings is 1. The maximum atomic E-state index is 11.7. The minimum Gasteiger partial charge on any atom is -0.389 e. The summed E-state index contributed by atoms with van der Waals surface area (Å²) in [7, 11) is -10.4. The van der Waals surface area contributed by atoms with Gasteiger partial charge in [-0.15, -0.1) is 0 Å². The summed E-state index contributed by atoms with van der Waals surface area (Å²) in [6.07, 6.45) is 0.130. The van der Waals surface area contributed by atoms with Crippen LogP contribution in [0.1, 0.15) is 19.4 Å². The number of anilines is 1. The molecule has 2 aliphatic carbocycles. The molecule has 0 aromatic carbocycles. The number of aromatic nitrogens is 4. The van der Waals surface area contributed by atoms with Gasteiger partial charge < -0.3 is 35.2 Å². The van der Waals surface area contributed by atoms with E-state index >= 15 is 0 Å². The summed E-state index contributed by atoms with van der Waals surface area (Å²) in [5.41, 5.74) is 3.51. The first-order chi connectivity index (χ1) is 13.7. The van der Waals surface area contributed by atoms with Crippen molar-refractivity contribution in [2.45, 2.75) is 31.1 Å². The molecule has 0 spiro atoms. The normalized spacial score (nSPS) is 35.4. The quantitative estimate of drug-likeness (QED) is 0.233. The molecular weight excluding hydrogens is 468 g/mol. The second kappa shape index (κ2) is 6.66. The molecule has 2 aromatic rings. The van der Waals surface area contributed by atoms with Crippen molar-refractivity contribution in [1.29, 1.82) is 0 Å². The molecule has 0 radical (unpaired) electrons. The van der Waals surface area contributed by atoms with Crippen molar-refractivity contribution in [3.05, 3.63) is 11.6 Å². The SMILES string of the molecule is C[C@]1(COP(=O)(O)OP(=O)(O)O)C[C@H]2C(n3cnc4c(N)nc(Cl)nc43)[C@]2(O)[C@@H]1O. The molecule has 0 aliphatic heterocycles. The van der Waals surface area contributed by atoms with Gasteiger partial charge in [0.15, 0.2) is 11.5 Å². The molecule has 7 N–H and O–H groups in total. The van der Waals surface area contributed by atoms with E-state index in [2.05, 4.69) is 23.8 Å². The van der Waals surface area contributed by atoms with Crippen LogP contribution in [0.3, 0.4) is 0 Å². The largest absolute Gasteiger partial charge is 0.481 e. The number of halogens is 1. The number of nitrogens with two attached hydrogens (primary N) is 1. The lowest BCUT2D eigenvalue weighted by Crippen LogP contribution is -2.43. The lowest BCUT2D eigenvalue weighted by molar-refractivity contribution is -0.0732. The van der Waals surface area contributed by atoms with E-state index in [1.807, 2.05) is 0 Å². The highest BCUT2D eigenvalue weighted by atomic mass is 35.5. The second-order valence-corrected chi connectivity index (χ2v) is 10.9. The third kappa shape index (κ3) is 3.47. The zero-order valence-electron chi connectivity index (χ0n) is 15.2. The summed E-state index contributed by atoms with van der Waals surface area (Å²) < 4.78 is 32.4. The van der Waals surface area contributed by atoms with Crippen molar-refractivity contribution >= 4 is 44.2 Å². The van der Waals surface area contributed by atoms with Crippen LogP contribution in [0.25, 0.3) is 11.2 Å². The van der Waals surface area contributed by atoms with Gasteiger partial charge in [-0.2, -0.15) is 14.3 Å². The second-order valence-electron chi connectivity index (χ2n) is 7.72. The van der Waals surface area contributed by atoms with E-state index in [0.29, 0.717) is 0 Å². The Bertz CT molecular complexity index is 1130. The van der Waals surface area contributed by atoms with Gasteiger partial charge >= 0.3 is 15.6 Å². The number of aliphatic hydroxyl groups is 2. The van der Waals surface area contributed by atoms with Gasteiger partial charge in [-0.3, -0.25) is 4.52 Å². The molecule has 2 aromatic heterocycles. The number of rotatable bonds is 6. The van der Waals surface area contributed by atoms with Crippen LogP contribution in [0.5, 0.6) is 0 Å². The fraction of sp³-hybridized carbons (Fsp3) is 0.615. The fourth-order valence-corrected chi connectivity index (χ4v) is 6.21. The summed E-state index contributed by atoms with van der Waals surface area (Å²) in [5, 5.41) is 21.7. The number of phosphoric ester groups is 1. The molecule has 6 atom stereocenters. The Kier molecular flexibility index (Phi) is 4.89. The zero-order chi connectivity index (χ0) is 22.3. The number of phosphoric acid groups is 2. The molecular formula is C13H18ClN5O9P2. The summed E-state index contributed by atoms with van der Waals surface area (Å²) in [6, 6.07) is -0.622. The predicted octanol–water partition coefficient (Wildman–Crippen LogP) is -0.0389. The van der Waals surface area contributed by atoms with E-state index in [0.717, 1.165) is 0 Å². The van der Waals surface area contributed by atoms with E-state index in [-0.39, 0.29) is 28.7 Å². The van der Waals surface area contributed by atoms with E-state index in [9.17, 15) is 24.2 Å². The van der Waals surface area contributed by atoms with Crippen LogP contribution in [0, 0.1) is 11.3 Å². The molecule has 2 unspecified atom stereocenters. The van der Waals surface area contributed by atoms with Crippen LogP contribution < -0.4 is 5.73 Å². The number of hydrogen-bond acceptors (Lipinski definition) is 10. The van der Waals surface area contributed by atoms with Crippen LogP contribution in [0.2, 0.25) is 5.28 Å². The molecule has 2 fully saturated rings. The molecule has 166 valence electrons. The Morgan fingerprint density at radius 2 is 2.03 bits per heavy atom. The van der Waals surface area contributed by atoms with Crippen LogP contribution in [0.15, 0.2) is 6.33 Å². The van der Waals surface area contributed by atoms with Crippen molar-refractivity contribution in [3.8, 4) is 0 Å². The highest BCUT2D eigenvalue weighted by molar-refractivity contribution is 7.60. The highest BCUT2D eigenvalue weighted by Crippen LogP contribution is 2.70. The lowest BCUT2D eigenvalue weighted by atomic mass is 9.82. The van der Waals surface area contributed by atoms with Gasteiger partial charge in [-0.05, 0) is 18.0 Å². The van der Waals surface area contributed by atoms with Crippen molar-refractivity contribution < 1.29 is 42.9 Å². The Morgan fingerprint density at radius 3 is 2.60 bits per heavy atom. The molecule has 14 nitrogen and oxygen atoms in total. The van der Waals surface area contributed by atoms with Gasteiger partial charge in [0.05, 0.1) is 25.1 Å². The number of hydrogen-bond donors (Lipinski definition) is 6. The van der Waals surface area contributed by atoms with Gasteiger partial charge in [-0.1, -0.05) is 6.92 Å². The van der Waals surface area contributed by atoms with E-state index in [4.69, 9.17) is 27.1 Å². The highest BCUT2D eigenvalue weighted by Gasteiger charge is 2.78. The molecule has 0 amide bonds. The Balaban J connectivity index is 1.54. The lowest BCUT2D eigenvalue weighted by Gasteiger charge is -2.33. The molecule has 0 saturated heterocycles. The molecule has 2 heterocycles. The van der Waals surface area contributed by atoms with Gasteiger partial charge in [-0.25, -0.2) is 14.1 Å². The fourth-order valence-electron chi connectivity index (χ4n) is 4.31. The molecule has 17 heteroatoms. The summed E-state index contributed by atoms with van der Waals surface area (Å²) in [5.74, 6) is -0.432. The zero-order valence-corrected chi connectivity index (χ0v) is 17.8. The molecule has 0 bridgehead atoms. The smallest absolute Gasteiger partial charge is 0.389 e. The average Bonchev–Trinajstić information content (AvgIpc) is 2.87. The predicted molar refractivity (Wildman–Crippen MR) is 99.9 cm³/mol. The van der Waals surface area contributed by atoms with E-state index < -0.39 is 51.3 Å². The minimum atomic E-state index is -5.27. The van der Waals surface area contributed by atoms with E-state index in [1.54, 1.807) is 0 Å². The Labute approximate surface area is 173 Å². The summed E-state index contributed by atoms with van der Waals surface area (Å²) in [4.78, 5) is 38.8. The van der Waals surface area contributed by atoms with Crippen LogP contribution in [0.4, 0.5) is 5.82 Å². The standard InChI is InChI=1S/C13H18ClN5O9P2/c1-12(3-27-30(25,26)28-29(22,23)24)2-5-7(13(5,21)10(12)20)19-4-16-6-8(15)17-11(14)18-9(6)19/h4-5,7,10,20-21H,2-3H2,1H3,(H,25,26)(H2,15,17,18)(H2,22,23,24)/t5-,7?,10+,12+,13-/m0/s1. The topological polar surface area (TPSA) is 223 Å². The number of nitrogen functional groups attached to an aromatic ring is 1. The minimum absolute atomic E-state index is 0.0593. The average molecular weight is 486 g/mol. The van der Waals surface area contributed by atoms with E-state index in [1.165, 1.54) is 17.8 Å². The van der Waals surface area contributed by atoms with Crippen molar-refractivity contribution in [2.75, 3.05) is 12.3 Å². The first kappa shape index (κ1) is 22.0. The molecule has 2 aliphatic rings. The third-order valence-electron chi connectivity index (χ3n) is 5.61. The third-order valence-corrected chi connectivity index (χ3v) is 7.91. The van der Waals surface area contributed by atoms with Crippen LogP contribution in [-0.2, 0) is 18.0 Å². The van der Waals surface area contributed by atoms with Crippen LogP contribution in [-0.4, -0.2) is 62.7 Å². The molecule has 2 saturated carbocycles. The Morgan fingerprint density at radius 1 is 1.37 bits per heavy atom. The van der Waals surface area contributed by atoms with Crippen LogP contribution >= 0.6 is 27.2 Å². The number of aliphatic hydroxyl groups excluding tert-OH is 1. The summed E-state index contributed by atoms with van der Waals surface area (Å²) in [6.45, 7) is 0.901. The molecule has 30 heavy (non-hydrogen) atoms. The maximum Gasteiger partial charge on any atom is 0.481 e. The van der Waals surface area contributed by atoms with Gasteiger partial charge in [0.25, 0.3) is 0 Å². The van der Waals surface area contributed by atoms with Gasteiger partial charge in [0.1, 0.15) is 11.1 Å². The number of nitrogens with zero attached hydrogens (tertiary/aromatic N) is 4. The number of fused-ring (bicyclic) bond motifs is 2. The Hall–Kier alpha value is -1.18. The van der Waals surface area contributed by atoms with Crippen molar-refractivity contribution in [3.63, 3.8) is 0 Å². The first-order valence-corrected chi connectivity index (χ1v) is 11.9. The van der Waals surface area contributed by atoms with Crippen molar-refractivity contribution in [1.82, 2.24) is 19.5 Å². The van der Waals surface area contributed by atoms with Crippen molar-refractivity contribution in [2.24, 2.45) is 11.3 Å².